The van der Waals surface area contributed by atoms with Crippen molar-refractivity contribution in [2.45, 2.75) is 12.8 Å². The number of Topliss-reactive ketones (excluding diaryl/α,β-unsaturated/α-hetero) is 1. The number of ketones is 1. The Balaban J connectivity index is 1.95. The molecule has 0 amide bonds. The number of benzene rings is 1. The number of fused-ring (bicyclic) bond motifs is 2. The second kappa shape index (κ2) is 5.23. The van der Waals surface area contributed by atoms with Gasteiger partial charge in [-0.3, -0.25) is 4.79 Å². The minimum atomic E-state index is -0.580. The number of allylic oxidation sites excluding steroid dienone is 2. The molecule has 5 nitrogen and oxygen atoms in total. The van der Waals surface area contributed by atoms with Gasteiger partial charge in [0.2, 0.25) is 0 Å². The van der Waals surface area contributed by atoms with Crippen LogP contribution >= 0.6 is 0 Å². The van der Waals surface area contributed by atoms with Crippen LogP contribution in [0.1, 0.15) is 34.5 Å². The molecule has 4 rings (SSSR count). The van der Waals surface area contributed by atoms with Crippen LogP contribution in [0.15, 0.2) is 63.9 Å². The molecule has 24 heavy (non-hydrogen) atoms. The Morgan fingerprint density at radius 1 is 1.17 bits per heavy atom. The number of nitrogens with one attached hydrogen (secondary N) is 1. The van der Waals surface area contributed by atoms with Crippen LogP contribution in [0, 0.1) is 0 Å². The minimum absolute atomic E-state index is 0.0941. The number of hydrogen-bond acceptors (Lipinski definition) is 5. The van der Waals surface area contributed by atoms with E-state index < -0.39 is 11.9 Å². The van der Waals surface area contributed by atoms with Crippen LogP contribution in [0.5, 0.6) is 0 Å². The van der Waals surface area contributed by atoms with Crippen LogP contribution in [-0.4, -0.2) is 18.9 Å². The summed E-state index contributed by atoms with van der Waals surface area (Å²) in [6.07, 6.45) is 1.54. The van der Waals surface area contributed by atoms with Crippen LogP contribution < -0.4 is 5.32 Å². The van der Waals surface area contributed by atoms with Gasteiger partial charge in [-0.2, -0.15) is 0 Å². The molecule has 0 saturated carbocycles. The fourth-order valence-electron chi connectivity index (χ4n) is 3.45. The maximum absolute atomic E-state index is 13.0. The highest BCUT2D eigenvalue weighted by Gasteiger charge is 2.43. The number of carbonyl (C=O) groups excluding carboxylic acids is 2. The maximum atomic E-state index is 13.0. The number of furan rings is 1. The molecule has 1 atom stereocenters. The predicted molar refractivity (Wildman–Crippen MR) is 87.0 cm³/mol. The lowest BCUT2D eigenvalue weighted by Crippen LogP contribution is -2.28. The number of hydrogen-bond donors (Lipinski definition) is 1. The summed E-state index contributed by atoms with van der Waals surface area (Å²) in [5.74, 6) is -0.603. The van der Waals surface area contributed by atoms with Gasteiger partial charge in [0.1, 0.15) is 5.76 Å². The highest BCUT2D eigenvalue weighted by atomic mass is 16.5. The Hall–Kier alpha value is -3.08. The molecule has 5 heteroatoms. The summed E-state index contributed by atoms with van der Waals surface area (Å²) in [7, 11) is 1.33. The van der Waals surface area contributed by atoms with Crippen molar-refractivity contribution in [3.05, 3.63) is 76.4 Å². The normalized spacial score (nSPS) is 19.1. The summed E-state index contributed by atoms with van der Waals surface area (Å²) in [5.41, 5.74) is 3.79. The number of methoxy groups -OCH3 is 1. The van der Waals surface area contributed by atoms with Crippen molar-refractivity contribution in [1.82, 2.24) is 5.32 Å². The molecule has 120 valence electrons. The Morgan fingerprint density at radius 3 is 2.58 bits per heavy atom. The van der Waals surface area contributed by atoms with Crippen LogP contribution in [0.3, 0.4) is 0 Å². The molecule has 0 fully saturated rings. The van der Waals surface area contributed by atoms with Crippen molar-refractivity contribution in [2.24, 2.45) is 0 Å². The molecule has 1 aromatic carbocycles. The van der Waals surface area contributed by atoms with Gasteiger partial charge in [0.25, 0.3) is 0 Å². The third-order valence-electron chi connectivity index (χ3n) is 4.48. The first-order chi connectivity index (χ1) is 11.6. The Kier molecular flexibility index (Phi) is 3.16. The van der Waals surface area contributed by atoms with Crippen LogP contribution in [0.4, 0.5) is 0 Å². The zero-order chi connectivity index (χ0) is 16.8. The lowest BCUT2D eigenvalue weighted by atomic mass is 9.83. The largest absolute Gasteiger partial charge is 0.468 e. The summed E-state index contributed by atoms with van der Waals surface area (Å²) in [5, 5.41) is 3.22. The van der Waals surface area contributed by atoms with E-state index >= 15 is 0 Å². The smallest absolute Gasteiger partial charge is 0.336 e. The van der Waals surface area contributed by atoms with Gasteiger partial charge in [-0.15, -0.1) is 0 Å². The van der Waals surface area contributed by atoms with E-state index in [2.05, 4.69) is 5.32 Å². The minimum Gasteiger partial charge on any atom is -0.468 e. The van der Waals surface area contributed by atoms with E-state index in [-0.39, 0.29) is 5.78 Å². The lowest BCUT2D eigenvalue weighted by molar-refractivity contribution is -0.136. The van der Waals surface area contributed by atoms with Crippen molar-refractivity contribution in [2.75, 3.05) is 7.11 Å². The number of ether oxygens (including phenoxy) is 1. The van der Waals surface area contributed by atoms with E-state index in [1.54, 1.807) is 25.1 Å². The third-order valence-corrected chi connectivity index (χ3v) is 4.48. The zero-order valence-electron chi connectivity index (χ0n) is 13.3. The second-order valence-corrected chi connectivity index (χ2v) is 5.77. The Bertz CT molecular complexity index is 919. The summed E-state index contributed by atoms with van der Waals surface area (Å²) in [4.78, 5) is 25.3. The van der Waals surface area contributed by atoms with Gasteiger partial charge >= 0.3 is 5.97 Å². The van der Waals surface area contributed by atoms with E-state index in [4.69, 9.17) is 9.15 Å². The lowest BCUT2D eigenvalue weighted by Gasteiger charge is -2.27. The van der Waals surface area contributed by atoms with Gasteiger partial charge in [-0.05, 0) is 19.1 Å². The quantitative estimate of drug-likeness (QED) is 0.861. The van der Waals surface area contributed by atoms with Crippen molar-refractivity contribution < 1.29 is 18.7 Å². The molecule has 1 aliphatic heterocycles. The first-order valence-electron chi connectivity index (χ1n) is 7.61. The number of carbonyl (C=O) groups is 2. The van der Waals surface area contributed by atoms with Crippen LogP contribution in [-0.2, 0) is 9.53 Å². The van der Waals surface area contributed by atoms with Gasteiger partial charge < -0.3 is 14.5 Å². The molecule has 1 N–H and O–H groups in total. The topological polar surface area (TPSA) is 68.5 Å². The first kappa shape index (κ1) is 14.5. The van der Waals surface area contributed by atoms with Crippen LogP contribution in [0.25, 0.3) is 5.70 Å². The molecule has 0 unspecified atom stereocenters. The molecular weight excluding hydrogens is 306 g/mol. The molecule has 2 aliphatic rings. The molecule has 0 saturated heterocycles. The number of rotatable bonds is 2. The highest BCUT2D eigenvalue weighted by molar-refractivity contribution is 6.23. The Labute approximate surface area is 138 Å². The van der Waals surface area contributed by atoms with Gasteiger partial charge in [0, 0.05) is 22.4 Å². The molecule has 1 aromatic heterocycles. The summed E-state index contributed by atoms with van der Waals surface area (Å²) < 4.78 is 10.5. The van der Waals surface area contributed by atoms with Gasteiger partial charge in [0.05, 0.1) is 30.6 Å². The van der Waals surface area contributed by atoms with Crippen molar-refractivity contribution >= 4 is 17.4 Å². The van der Waals surface area contributed by atoms with E-state index in [9.17, 15) is 9.59 Å². The second-order valence-electron chi connectivity index (χ2n) is 5.77. The molecule has 0 spiro atoms. The number of dihydropyridines is 1. The SMILES string of the molecule is COC(=O)C1=C(C)NC2=C(C(=O)c3ccccc32)[C@@H]1c1ccco1. The summed E-state index contributed by atoms with van der Waals surface area (Å²) in [6.45, 7) is 1.80. The van der Waals surface area contributed by atoms with E-state index in [1.165, 1.54) is 13.4 Å². The third kappa shape index (κ3) is 1.88. The summed E-state index contributed by atoms with van der Waals surface area (Å²) >= 11 is 0. The Morgan fingerprint density at radius 2 is 1.92 bits per heavy atom. The maximum Gasteiger partial charge on any atom is 0.336 e. The van der Waals surface area contributed by atoms with Gasteiger partial charge in [-0.1, -0.05) is 24.3 Å². The van der Waals surface area contributed by atoms with Gasteiger partial charge in [-0.25, -0.2) is 4.79 Å². The molecular formula is C19H15NO4. The molecule has 2 heterocycles. The average molecular weight is 321 g/mol. The molecule has 0 radical (unpaired) electrons. The zero-order valence-corrected chi connectivity index (χ0v) is 13.3. The molecule has 2 aromatic rings. The predicted octanol–water partition coefficient (Wildman–Crippen LogP) is 3.02. The van der Waals surface area contributed by atoms with E-state index in [0.717, 1.165) is 11.3 Å². The number of esters is 1. The van der Waals surface area contributed by atoms with E-state index in [1.807, 2.05) is 18.2 Å². The fourth-order valence-corrected chi connectivity index (χ4v) is 3.45. The standard InChI is InChI=1S/C19H15NO4/c1-10-14(19(22)23-2)15(13-8-5-9-24-13)16-17(20-10)11-6-3-4-7-12(11)18(16)21/h3-9,15,20H,1-2H3/t15-/m1/s1. The fraction of sp³-hybridized carbons (Fsp3) is 0.158. The molecule has 0 bridgehead atoms. The van der Waals surface area contributed by atoms with Crippen molar-refractivity contribution in [1.29, 1.82) is 0 Å². The highest BCUT2D eigenvalue weighted by Crippen LogP contribution is 2.46. The monoisotopic (exact) mass is 321 g/mol. The molecule has 1 aliphatic carbocycles. The van der Waals surface area contributed by atoms with E-state index in [0.29, 0.717) is 28.2 Å². The van der Waals surface area contributed by atoms with Crippen molar-refractivity contribution in [3.8, 4) is 0 Å². The van der Waals surface area contributed by atoms with Gasteiger partial charge in [0.15, 0.2) is 5.78 Å². The average Bonchev–Trinajstić information content (AvgIpc) is 3.22. The van der Waals surface area contributed by atoms with Crippen molar-refractivity contribution in [3.63, 3.8) is 0 Å². The summed E-state index contributed by atoms with van der Waals surface area (Å²) in [6, 6.07) is 10.9. The first-order valence-corrected chi connectivity index (χ1v) is 7.61. The van der Waals surface area contributed by atoms with Crippen LogP contribution in [0.2, 0.25) is 0 Å².